The maximum Gasteiger partial charge on any atom is 0.417 e. The lowest BCUT2D eigenvalue weighted by molar-refractivity contribution is -0.138. The first-order valence-electron chi connectivity index (χ1n) is 5.97. The zero-order valence-electron chi connectivity index (χ0n) is 10.6. The SMILES string of the molecule is O=C1NC(Nc2ccc(Br)c(C(F)(F)F)c2)=NC2=NC=NC12. The Labute approximate surface area is 130 Å². The maximum absolute atomic E-state index is 12.9. The van der Waals surface area contributed by atoms with E-state index in [1.54, 1.807) is 0 Å². The highest BCUT2D eigenvalue weighted by atomic mass is 79.9. The number of anilines is 1. The molecular formula is C12H7BrF3N5O. The molecule has 2 N–H and O–H groups in total. The Bertz CT molecular complexity index is 741. The van der Waals surface area contributed by atoms with E-state index in [0.717, 1.165) is 6.07 Å². The molecule has 0 aromatic heterocycles. The third kappa shape index (κ3) is 2.73. The van der Waals surface area contributed by atoms with Crippen LogP contribution >= 0.6 is 15.9 Å². The monoisotopic (exact) mass is 373 g/mol. The van der Waals surface area contributed by atoms with E-state index in [4.69, 9.17) is 0 Å². The summed E-state index contributed by atoms with van der Waals surface area (Å²) in [6.45, 7) is 0. The molecule has 2 aliphatic heterocycles. The second-order valence-electron chi connectivity index (χ2n) is 4.42. The summed E-state index contributed by atoms with van der Waals surface area (Å²) in [7, 11) is 0. The van der Waals surface area contributed by atoms with Gasteiger partial charge in [-0.1, -0.05) is 15.9 Å². The van der Waals surface area contributed by atoms with Crippen LogP contribution in [0.3, 0.4) is 0 Å². The van der Waals surface area contributed by atoms with Gasteiger partial charge in [0, 0.05) is 10.2 Å². The van der Waals surface area contributed by atoms with Crippen molar-refractivity contribution >= 4 is 45.7 Å². The summed E-state index contributed by atoms with van der Waals surface area (Å²) < 4.78 is 38.5. The predicted molar refractivity (Wildman–Crippen MR) is 78.1 cm³/mol. The smallest absolute Gasteiger partial charge is 0.326 e. The number of carbonyl (C=O) groups excluding carboxylic acids is 1. The van der Waals surface area contributed by atoms with Crippen LogP contribution in [0.5, 0.6) is 0 Å². The number of aliphatic imine (C=N–C) groups is 3. The van der Waals surface area contributed by atoms with Gasteiger partial charge in [0.25, 0.3) is 5.91 Å². The zero-order chi connectivity index (χ0) is 15.9. The van der Waals surface area contributed by atoms with E-state index in [-0.39, 0.29) is 22.0 Å². The molecule has 1 aromatic rings. The molecule has 114 valence electrons. The fourth-order valence-electron chi connectivity index (χ4n) is 1.92. The standard InChI is InChI=1S/C12H7BrF3N5O/c13-7-2-1-5(3-6(7)12(14,15)16)19-11-20-9-8(10(22)21-11)17-4-18-9/h1-4,8H,(H2,17,18,19,20,21,22). The van der Waals surface area contributed by atoms with Gasteiger partial charge in [-0.2, -0.15) is 18.2 Å². The summed E-state index contributed by atoms with van der Waals surface area (Å²) in [5.41, 5.74) is -0.702. The number of halogens is 4. The fraction of sp³-hybridized carbons (Fsp3) is 0.167. The Hall–Kier alpha value is -2.23. The Morgan fingerprint density at radius 1 is 1.32 bits per heavy atom. The van der Waals surface area contributed by atoms with Crippen LogP contribution in [-0.4, -0.2) is 30.1 Å². The molecule has 0 spiro atoms. The minimum Gasteiger partial charge on any atom is -0.326 e. The van der Waals surface area contributed by atoms with Gasteiger partial charge in [-0.25, -0.2) is 4.99 Å². The second kappa shape index (κ2) is 5.20. The van der Waals surface area contributed by atoms with Crippen LogP contribution in [0, 0.1) is 0 Å². The van der Waals surface area contributed by atoms with E-state index in [1.165, 1.54) is 18.5 Å². The number of hydrogen-bond acceptors (Lipinski definition) is 5. The number of nitrogens with one attached hydrogen (secondary N) is 2. The highest BCUT2D eigenvalue weighted by molar-refractivity contribution is 9.10. The molecular weight excluding hydrogens is 367 g/mol. The highest BCUT2D eigenvalue weighted by Gasteiger charge is 2.34. The third-order valence-electron chi connectivity index (χ3n) is 2.90. The molecule has 1 unspecified atom stereocenters. The summed E-state index contributed by atoms with van der Waals surface area (Å²) in [4.78, 5) is 23.4. The average Bonchev–Trinajstić information content (AvgIpc) is 2.88. The molecule has 1 atom stereocenters. The van der Waals surface area contributed by atoms with Crippen LogP contribution in [-0.2, 0) is 11.0 Å². The van der Waals surface area contributed by atoms with Gasteiger partial charge in [0.05, 0.1) is 5.56 Å². The van der Waals surface area contributed by atoms with Gasteiger partial charge >= 0.3 is 6.18 Å². The number of hydrogen-bond donors (Lipinski definition) is 2. The van der Waals surface area contributed by atoms with Crippen molar-refractivity contribution in [1.29, 1.82) is 0 Å². The van der Waals surface area contributed by atoms with Gasteiger partial charge in [0.1, 0.15) is 6.34 Å². The predicted octanol–water partition coefficient (Wildman–Crippen LogP) is 2.17. The van der Waals surface area contributed by atoms with E-state index in [1.807, 2.05) is 0 Å². The van der Waals surface area contributed by atoms with E-state index in [9.17, 15) is 18.0 Å². The minimum atomic E-state index is -4.50. The van der Waals surface area contributed by atoms with Crippen molar-refractivity contribution in [2.24, 2.45) is 15.0 Å². The van der Waals surface area contributed by atoms with Crippen LogP contribution < -0.4 is 10.6 Å². The van der Waals surface area contributed by atoms with Crippen molar-refractivity contribution in [3.8, 4) is 0 Å². The van der Waals surface area contributed by atoms with Crippen molar-refractivity contribution in [2.45, 2.75) is 12.2 Å². The number of nitrogens with zero attached hydrogens (tertiary/aromatic N) is 3. The highest BCUT2D eigenvalue weighted by Crippen LogP contribution is 2.36. The molecule has 0 radical (unpaired) electrons. The molecule has 2 heterocycles. The van der Waals surface area contributed by atoms with E-state index >= 15 is 0 Å². The number of fused-ring (bicyclic) bond motifs is 1. The van der Waals surface area contributed by atoms with E-state index in [0.29, 0.717) is 0 Å². The molecule has 0 fully saturated rings. The second-order valence-corrected chi connectivity index (χ2v) is 5.28. The summed E-state index contributed by atoms with van der Waals surface area (Å²) in [6, 6.07) is 2.81. The quantitative estimate of drug-likeness (QED) is 0.791. The summed E-state index contributed by atoms with van der Waals surface area (Å²) in [5, 5.41) is 5.05. The first-order chi connectivity index (χ1) is 10.3. The fourth-order valence-corrected chi connectivity index (χ4v) is 2.39. The van der Waals surface area contributed by atoms with Crippen molar-refractivity contribution in [3.63, 3.8) is 0 Å². The normalized spacial score (nSPS) is 20.2. The van der Waals surface area contributed by atoms with Gasteiger partial charge in [0.15, 0.2) is 11.9 Å². The first-order valence-corrected chi connectivity index (χ1v) is 6.76. The zero-order valence-corrected chi connectivity index (χ0v) is 12.2. The summed E-state index contributed by atoms with van der Waals surface area (Å²) in [6.07, 6.45) is -3.28. The molecule has 3 rings (SSSR count). The van der Waals surface area contributed by atoms with Crippen molar-refractivity contribution < 1.29 is 18.0 Å². The minimum absolute atomic E-state index is 0.000877. The molecule has 6 nitrogen and oxygen atoms in total. The topological polar surface area (TPSA) is 78.2 Å². The number of amidine groups is 1. The van der Waals surface area contributed by atoms with Crippen LogP contribution in [0.1, 0.15) is 5.56 Å². The largest absolute Gasteiger partial charge is 0.417 e. The molecule has 2 aliphatic rings. The number of amides is 1. The third-order valence-corrected chi connectivity index (χ3v) is 3.59. The maximum atomic E-state index is 12.9. The number of guanidine groups is 1. The Balaban J connectivity index is 1.87. The number of carbonyl (C=O) groups is 1. The molecule has 10 heteroatoms. The van der Waals surface area contributed by atoms with Crippen LogP contribution in [0.15, 0.2) is 37.6 Å². The Morgan fingerprint density at radius 3 is 2.82 bits per heavy atom. The van der Waals surface area contributed by atoms with Gasteiger partial charge in [0.2, 0.25) is 5.96 Å². The first kappa shape index (κ1) is 14.7. The van der Waals surface area contributed by atoms with Crippen LogP contribution in [0.4, 0.5) is 18.9 Å². The van der Waals surface area contributed by atoms with Gasteiger partial charge in [-0.05, 0) is 18.2 Å². The van der Waals surface area contributed by atoms with Gasteiger partial charge < -0.3 is 5.32 Å². The lowest BCUT2D eigenvalue weighted by atomic mass is 10.2. The number of alkyl halides is 3. The molecule has 1 aromatic carbocycles. The van der Waals surface area contributed by atoms with Gasteiger partial charge in [-0.15, -0.1) is 0 Å². The van der Waals surface area contributed by atoms with Crippen LogP contribution in [0.25, 0.3) is 0 Å². The number of rotatable bonds is 1. The molecule has 0 saturated carbocycles. The summed E-state index contributed by atoms with van der Waals surface area (Å²) >= 11 is 2.85. The van der Waals surface area contributed by atoms with E-state index < -0.39 is 23.7 Å². The van der Waals surface area contributed by atoms with Crippen molar-refractivity contribution in [3.05, 3.63) is 28.2 Å². The Morgan fingerprint density at radius 2 is 2.09 bits per heavy atom. The van der Waals surface area contributed by atoms with E-state index in [2.05, 4.69) is 41.5 Å². The molecule has 0 aliphatic carbocycles. The molecule has 1 amide bonds. The Kier molecular flexibility index (Phi) is 3.47. The lowest BCUT2D eigenvalue weighted by Crippen LogP contribution is -2.48. The van der Waals surface area contributed by atoms with Gasteiger partial charge in [-0.3, -0.25) is 15.1 Å². The lowest BCUT2D eigenvalue weighted by Gasteiger charge is -2.19. The van der Waals surface area contributed by atoms with Crippen LogP contribution in [0.2, 0.25) is 0 Å². The van der Waals surface area contributed by atoms with Crippen molar-refractivity contribution in [1.82, 2.24) is 5.32 Å². The summed E-state index contributed by atoms with van der Waals surface area (Å²) in [5.74, 6) is -0.251. The molecule has 0 bridgehead atoms. The van der Waals surface area contributed by atoms with Crippen molar-refractivity contribution in [2.75, 3.05) is 5.32 Å². The molecule has 0 saturated heterocycles. The number of benzene rings is 1. The molecule has 22 heavy (non-hydrogen) atoms. The average molecular weight is 374 g/mol.